The summed E-state index contributed by atoms with van der Waals surface area (Å²) in [7, 11) is 0. The quantitative estimate of drug-likeness (QED) is 0.0892. The normalized spacial score (nSPS) is 15.9. The maximum absolute atomic E-state index is 13.7. The van der Waals surface area contributed by atoms with Crippen molar-refractivity contribution in [3.8, 4) is 0 Å². The van der Waals surface area contributed by atoms with E-state index >= 15 is 0 Å². The fourth-order valence-corrected chi connectivity index (χ4v) is 5.77. The van der Waals surface area contributed by atoms with Gasteiger partial charge in [-0.15, -0.1) is 0 Å². The van der Waals surface area contributed by atoms with E-state index in [4.69, 9.17) is 15.2 Å². The number of nitrogens with one attached hydrogen (secondary N) is 3. The van der Waals surface area contributed by atoms with E-state index in [1.807, 2.05) is 0 Å². The van der Waals surface area contributed by atoms with E-state index < -0.39 is 59.0 Å². The number of carbonyl (C=O) groups is 6. The van der Waals surface area contributed by atoms with E-state index in [0.717, 1.165) is 25.7 Å². The van der Waals surface area contributed by atoms with E-state index in [-0.39, 0.29) is 44.7 Å². The Kier molecular flexibility index (Phi) is 20.9. The highest BCUT2D eigenvalue weighted by Crippen LogP contribution is 2.21. The predicted octanol–water partition coefficient (Wildman–Crippen LogP) is 4.19. The first kappa shape index (κ1) is 44.8. The van der Waals surface area contributed by atoms with E-state index in [1.54, 1.807) is 46.4 Å². The number of carbonyl (C=O) groups excluding carboxylic acids is 6. The number of ether oxygens (including phenoxy) is 2. The van der Waals surface area contributed by atoms with Gasteiger partial charge in [-0.2, -0.15) is 0 Å². The van der Waals surface area contributed by atoms with E-state index in [0.29, 0.717) is 25.8 Å². The molecule has 0 bridgehead atoms. The van der Waals surface area contributed by atoms with Crippen LogP contribution >= 0.6 is 0 Å². The standard InChI is InChI=1S/C37H67N5O8/c1-8-9-10-11-12-13-14-15-16-19-30(43)42-26-17-18-29(42)35(48)41-28(21-23-32(45)50-37(5,6)7)34(47)40-27(33(46)39-25-24-38)20-22-31(44)49-36(2,3)4/h27-29H,8-26,38H2,1-7H3,(H,39,46)(H,40,47)(H,41,48). The molecule has 1 aliphatic heterocycles. The molecule has 1 fully saturated rings. The number of esters is 2. The van der Waals surface area contributed by atoms with Gasteiger partial charge in [0.15, 0.2) is 0 Å². The Morgan fingerprint density at radius 3 is 1.72 bits per heavy atom. The number of hydrogen-bond donors (Lipinski definition) is 4. The summed E-state index contributed by atoms with van der Waals surface area (Å²) in [6, 6.07) is -3.09. The molecule has 0 spiro atoms. The average Bonchev–Trinajstić information content (AvgIpc) is 3.51. The maximum atomic E-state index is 13.7. The summed E-state index contributed by atoms with van der Waals surface area (Å²) in [5, 5.41) is 8.04. The van der Waals surface area contributed by atoms with Crippen molar-refractivity contribution in [3.05, 3.63) is 0 Å². The van der Waals surface area contributed by atoms with Crippen molar-refractivity contribution in [2.45, 2.75) is 181 Å². The number of nitrogens with zero attached hydrogens (tertiary/aromatic N) is 1. The number of rotatable bonds is 23. The summed E-state index contributed by atoms with van der Waals surface area (Å²) in [5.41, 5.74) is 4.08. The molecule has 50 heavy (non-hydrogen) atoms. The third-order valence-electron chi connectivity index (χ3n) is 8.19. The van der Waals surface area contributed by atoms with Gasteiger partial charge in [0, 0.05) is 38.9 Å². The molecule has 0 aromatic rings. The third-order valence-corrected chi connectivity index (χ3v) is 8.19. The lowest BCUT2D eigenvalue weighted by Gasteiger charge is -2.28. The maximum Gasteiger partial charge on any atom is 0.306 e. The van der Waals surface area contributed by atoms with Crippen molar-refractivity contribution in [2.75, 3.05) is 19.6 Å². The minimum absolute atomic E-state index is 0.0620. The first-order valence-corrected chi connectivity index (χ1v) is 18.8. The second-order valence-corrected chi connectivity index (χ2v) is 15.3. The van der Waals surface area contributed by atoms with Crippen LogP contribution in [0.25, 0.3) is 0 Å². The highest BCUT2D eigenvalue weighted by Gasteiger charge is 2.36. The van der Waals surface area contributed by atoms with Crippen molar-refractivity contribution in [1.82, 2.24) is 20.9 Å². The predicted molar refractivity (Wildman–Crippen MR) is 193 cm³/mol. The SMILES string of the molecule is CCCCCCCCCCCC(=O)N1CCCC1C(=O)NC(CCC(=O)OC(C)(C)C)C(=O)NC(CCC(=O)OC(C)(C)C)C(=O)NCCN. The van der Waals surface area contributed by atoms with E-state index in [9.17, 15) is 28.8 Å². The zero-order chi connectivity index (χ0) is 37.7. The van der Waals surface area contributed by atoms with Crippen molar-refractivity contribution in [2.24, 2.45) is 5.73 Å². The topological polar surface area (TPSA) is 186 Å². The number of hydrogen-bond acceptors (Lipinski definition) is 9. The molecule has 13 nitrogen and oxygen atoms in total. The highest BCUT2D eigenvalue weighted by atomic mass is 16.6. The molecular weight excluding hydrogens is 642 g/mol. The molecule has 13 heteroatoms. The monoisotopic (exact) mass is 709 g/mol. The average molecular weight is 710 g/mol. The van der Waals surface area contributed by atoms with Crippen LogP contribution in [0.1, 0.15) is 151 Å². The van der Waals surface area contributed by atoms with Crippen LogP contribution < -0.4 is 21.7 Å². The second kappa shape index (κ2) is 23.3. The molecule has 3 unspecified atom stereocenters. The van der Waals surface area contributed by atoms with Crippen molar-refractivity contribution >= 4 is 35.6 Å². The smallest absolute Gasteiger partial charge is 0.306 e. The Labute approximate surface area is 300 Å². The van der Waals surface area contributed by atoms with Crippen molar-refractivity contribution in [3.63, 3.8) is 0 Å². The molecule has 0 aromatic carbocycles. The fourth-order valence-electron chi connectivity index (χ4n) is 5.77. The molecule has 4 amide bonds. The Morgan fingerprint density at radius 2 is 1.22 bits per heavy atom. The van der Waals surface area contributed by atoms with Crippen LogP contribution in [0.3, 0.4) is 0 Å². The zero-order valence-corrected chi connectivity index (χ0v) is 32.0. The van der Waals surface area contributed by atoms with Gasteiger partial charge in [0.25, 0.3) is 0 Å². The van der Waals surface area contributed by atoms with Crippen LogP contribution in [0.2, 0.25) is 0 Å². The van der Waals surface area contributed by atoms with Gasteiger partial charge < -0.3 is 36.1 Å². The molecule has 1 saturated heterocycles. The number of amides is 4. The first-order valence-electron chi connectivity index (χ1n) is 18.8. The second-order valence-electron chi connectivity index (χ2n) is 15.3. The van der Waals surface area contributed by atoms with E-state index in [1.165, 1.54) is 32.1 Å². The molecule has 1 rings (SSSR count). The van der Waals surface area contributed by atoms with Gasteiger partial charge in [-0.3, -0.25) is 28.8 Å². The Hall–Kier alpha value is -3.22. The molecule has 1 aliphatic rings. The summed E-state index contributed by atoms with van der Waals surface area (Å²) in [5.74, 6) is -2.92. The van der Waals surface area contributed by atoms with Gasteiger partial charge in [0.1, 0.15) is 29.3 Å². The van der Waals surface area contributed by atoms with Gasteiger partial charge in [-0.1, -0.05) is 58.3 Å². The fraction of sp³-hybridized carbons (Fsp3) is 0.838. The molecule has 288 valence electrons. The zero-order valence-electron chi connectivity index (χ0n) is 32.0. The molecule has 0 aliphatic carbocycles. The van der Waals surface area contributed by atoms with Crippen LogP contribution in [-0.2, 0) is 38.2 Å². The van der Waals surface area contributed by atoms with Gasteiger partial charge >= 0.3 is 11.9 Å². The molecule has 3 atom stereocenters. The number of nitrogens with two attached hydrogens (primary N) is 1. The van der Waals surface area contributed by atoms with Gasteiger partial charge in [0.2, 0.25) is 23.6 Å². The molecule has 0 radical (unpaired) electrons. The Morgan fingerprint density at radius 1 is 0.720 bits per heavy atom. The van der Waals surface area contributed by atoms with Crippen LogP contribution in [-0.4, -0.2) is 89.4 Å². The van der Waals surface area contributed by atoms with Gasteiger partial charge in [0.05, 0.1) is 0 Å². The highest BCUT2D eigenvalue weighted by molar-refractivity contribution is 5.94. The van der Waals surface area contributed by atoms with Crippen LogP contribution in [0.15, 0.2) is 0 Å². The van der Waals surface area contributed by atoms with Crippen LogP contribution in [0, 0.1) is 0 Å². The molecule has 1 heterocycles. The van der Waals surface area contributed by atoms with E-state index in [2.05, 4.69) is 22.9 Å². The summed E-state index contributed by atoms with van der Waals surface area (Å²) < 4.78 is 10.8. The summed E-state index contributed by atoms with van der Waals surface area (Å²) in [6.07, 6.45) is 11.2. The largest absolute Gasteiger partial charge is 0.460 e. The lowest BCUT2D eigenvalue weighted by atomic mass is 10.1. The Bertz CT molecular complexity index is 1080. The number of unbranched alkanes of at least 4 members (excludes halogenated alkanes) is 8. The molecule has 0 aromatic heterocycles. The summed E-state index contributed by atoms with van der Waals surface area (Å²) in [6.45, 7) is 13.4. The van der Waals surface area contributed by atoms with Crippen LogP contribution in [0.4, 0.5) is 0 Å². The van der Waals surface area contributed by atoms with Gasteiger partial charge in [-0.25, -0.2) is 0 Å². The third kappa shape index (κ3) is 19.8. The molecule has 0 saturated carbocycles. The molecular formula is C37H67N5O8. The number of likely N-dealkylation sites (tertiary alicyclic amines) is 1. The lowest BCUT2D eigenvalue weighted by molar-refractivity contribution is -0.156. The van der Waals surface area contributed by atoms with Gasteiger partial charge in [-0.05, 0) is 73.6 Å². The first-order chi connectivity index (χ1) is 23.5. The minimum Gasteiger partial charge on any atom is -0.460 e. The minimum atomic E-state index is -1.21. The summed E-state index contributed by atoms with van der Waals surface area (Å²) >= 11 is 0. The Balaban J connectivity index is 2.97. The van der Waals surface area contributed by atoms with Crippen molar-refractivity contribution < 1.29 is 38.2 Å². The van der Waals surface area contributed by atoms with Crippen molar-refractivity contribution in [1.29, 1.82) is 0 Å². The summed E-state index contributed by atoms with van der Waals surface area (Å²) in [4.78, 5) is 80.1. The lowest BCUT2D eigenvalue weighted by Crippen LogP contribution is -2.56. The molecule has 5 N–H and O–H groups in total. The van der Waals surface area contributed by atoms with Crippen LogP contribution in [0.5, 0.6) is 0 Å².